The second kappa shape index (κ2) is 7.81. The summed E-state index contributed by atoms with van der Waals surface area (Å²) in [6.45, 7) is 0.0321. The molecule has 0 aliphatic heterocycles. The molecule has 3 rings (SSSR count). The molecule has 0 radical (unpaired) electrons. The maximum Gasteiger partial charge on any atom is 0.412 e. The van der Waals surface area contributed by atoms with Gasteiger partial charge in [0, 0.05) is 12.1 Å². The normalized spacial score (nSPS) is 10.5. The predicted octanol–water partition coefficient (Wildman–Crippen LogP) is 4.05. The van der Waals surface area contributed by atoms with Crippen LogP contribution in [0, 0.1) is 17.5 Å². The lowest BCUT2D eigenvalue weighted by atomic mass is 10.2. The smallest absolute Gasteiger partial charge is 0.412 e. The topological polar surface area (TPSA) is 65.4 Å². The van der Waals surface area contributed by atoms with E-state index in [9.17, 15) is 18.0 Å². The molecular formula is C18H14F3N3O3. The van der Waals surface area contributed by atoms with E-state index in [1.54, 1.807) is 24.3 Å². The first-order valence-electron chi connectivity index (χ1n) is 7.74. The van der Waals surface area contributed by atoms with Crippen molar-refractivity contribution >= 4 is 11.8 Å². The highest BCUT2D eigenvalue weighted by atomic mass is 19.1. The molecule has 1 heterocycles. The van der Waals surface area contributed by atoms with Gasteiger partial charge in [0.1, 0.15) is 23.8 Å². The van der Waals surface area contributed by atoms with E-state index in [4.69, 9.17) is 9.47 Å². The second-order valence-corrected chi connectivity index (χ2v) is 5.38. The Morgan fingerprint density at radius 1 is 1.15 bits per heavy atom. The molecule has 1 aromatic heterocycles. The molecule has 2 aromatic carbocycles. The van der Waals surface area contributed by atoms with Crippen molar-refractivity contribution in [2.45, 2.75) is 6.61 Å². The molecule has 0 atom stereocenters. The summed E-state index contributed by atoms with van der Waals surface area (Å²) in [6.07, 6.45) is 0.321. The number of methoxy groups -OCH3 is 1. The van der Waals surface area contributed by atoms with Crippen LogP contribution in [0.4, 0.5) is 23.7 Å². The van der Waals surface area contributed by atoms with Crippen LogP contribution in [0.5, 0.6) is 5.88 Å². The number of anilines is 1. The van der Waals surface area contributed by atoms with Gasteiger partial charge in [-0.2, -0.15) is 9.78 Å². The van der Waals surface area contributed by atoms with Gasteiger partial charge in [0.05, 0.1) is 13.3 Å². The largest absolute Gasteiger partial charge is 0.479 e. The van der Waals surface area contributed by atoms with Crippen LogP contribution in [0.3, 0.4) is 0 Å². The highest BCUT2D eigenvalue weighted by Gasteiger charge is 2.21. The van der Waals surface area contributed by atoms with Crippen LogP contribution in [-0.2, 0) is 11.3 Å². The number of ether oxygens (including phenoxy) is 2. The number of aromatic nitrogens is 2. The Morgan fingerprint density at radius 3 is 2.44 bits per heavy atom. The van der Waals surface area contributed by atoms with Gasteiger partial charge in [-0.1, -0.05) is 30.3 Å². The Balaban J connectivity index is 1.79. The van der Waals surface area contributed by atoms with Gasteiger partial charge < -0.3 is 9.47 Å². The third-order valence-electron chi connectivity index (χ3n) is 3.56. The molecule has 0 aliphatic rings. The maximum absolute atomic E-state index is 14.0. The van der Waals surface area contributed by atoms with Crippen LogP contribution >= 0.6 is 0 Å². The zero-order valence-corrected chi connectivity index (χ0v) is 14.1. The zero-order valence-electron chi connectivity index (χ0n) is 14.1. The summed E-state index contributed by atoms with van der Waals surface area (Å²) < 4.78 is 52.0. The minimum atomic E-state index is -1.17. The Kier molecular flexibility index (Phi) is 5.30. The van der Waals surface area contributed by atoms with Crippen LogP contribution in [0.15, 0.2) is 48.7 Å². The fourth-order valence-electron chi connectivity index (χ4n) is 2.38. The van der Waals surface area contributed by atoms with Gasteiger partial charge in [-0.15, -0.1) is 0 Å². The van der Waals surface area contributed by atoms with Crippen LogP contribution < -0.4 is 10.1 Å². The Morgan fingerprint density at radius 2 is 1.81 bits per heavy atom. The van der Waals surface area contributed by atoms with Crippen molar-refractivity contribution < 1.29 is 27.4 Å². The van der Waals surface area contributed by atoms with E-state index in [2.05, 4.69) is 10.4 Å². The molecule has 3 aromatic rings. The molecule has 0 unspecified atom stereocenters. The molecule has 0 fully saturated rings. The molecule has 0 spiro atoms. The zero-order chi connectivity index (χ0) is 19.4. The van der Waals surface area contributed by atoms with Gasteiger partial charge >= 0.3 is 6.09 Å². The standard InChI is InChI=1S/C18H14F3N3O3/c1-26-17-15(23-18(25)27-10-11-5-3-2-4-6-11)9-22-24(17)16-13(20)7-12(19)8-14(16)21/h2-9H,10H2,1H3,(H,23,25). The summed E-state index contributed by atoms with van der Waals surface area (Å²) in [5.41, 5.74) is 0.170. The predicted molar refractivity (Wildman–Crippen MR) is 90.2 cm³/mol. The first-order valence-corrected chi connectivity index (χ1v) is 7.74. The van der Waals surface area contributed by atoms with Crippen LogP contribution in [-0.4, -0.2) is 23.0 Å². The SMILES string of the molecule is COc1c(NC(=O)OCc2ccccc2)cnn1-c1c(F)cc(F)cc1F. The Labute approximate surface area is 152 Å². The molecule has 140 valence electrons. The molecule has 0 saturated heterocycles. The van der Waals surface area contributed by atoms with Gasteiger partial charge in [0.2, 0.25) is 5.88 Å². The molecule has 9 heteroatoms. The van der Waals surface area contributed by atoms with Crippen molar-refractivity contribution in [2.75, 3.05) is 12.4 Å². The number of amides is 1. The van der Waals surface area contributed by atoms with Crippen LogP contribution in [0.2, 0.25) is 0 Å². The molecule has 6 nitrogen and oxygen atoms in total. The Bertz CT molecular complexity index is 938. The number of nitrogens with one attached hydrogen (secondary N) is 1. The average molecular weight is 377 g/mol. The number of nitrogens with zero attached hydrogens (tertiary/aromatic N) is 2. The third-order valence-corrected chi connectivity index (χ3v) is 3.56. The van der Waals surface area contributed by atoms with Gasteiger partial charge in [-0.25, -0.2) is 18.0 Å². The summed E-state index contributed by atoms with van der Waals surface area (Å²) in [6, 6.07) is 10.0. The van der Waals surface area contributed by atoms with E-state index in [-0.39, 0.29) is 18.2 Å². The minimum absolute atomic E-state index is 0.0266. The van der Waals surface area contributed by atoms with Crippen molar-refractivity contribution in [3.05, 3.63) is 71.7 Å². The summed E-state index contributed by atoms with van der Waals surface area (Å²) in [4.78, 5) is 12.0. The molecule has 0 bridgehead atoms. The highest BCUT2D eigenvalue weighted by Crippen LogP contribution is 2.30. The number of rotatable bonds is 5. The van der Waals surface area contributed by atoms with Crippen molar-refractivity contribution in [1.82, 2.24) is 9.78 Å². The lowest BCUT2D eigenvalue weighted by Crippen LogP contribution is -2.14. The summed E-state index contributed by atoms with van der Waals surface area (Å²) in [5, 5.41) is 6.18. The number of halogens is 3. The quantitative estimate of drug-likeness (QED) is 0.729. The first kappa shape index (κ1) is 18.3. The molecule has 27 heavy (non-hydrogen) atoms. The van der Waals surface area contributed by atoms with Crippen molar-refractivity contribution in [2.24, 2.45) is 0 Å². The third kappa shape index (κ3) is 4.02. The maximum atomic E-state index is 14.0. The van der Waals surface area contributed by atoms with Gasteiger partial charge in [0.25, 0.3) is 0 Å². The number of carbonyl (C=O) groups is 1. The van der Waals surface area contributed by atoms with E-state index in [0.29, 0.717) is 12.1 Å². The number of hydrogen-bond acceptors (Lipinski definition) is 4. The average Bonchev–Trinajstić information content (AvgIpc) is 3.02. The summed E-state index contributed by atoms with van der Waals surface area (Å²) in [5.74, 6) is -3.57. The first-order chi connectivity index (χ1) is 13.0. The second-order valence-electron chi connectivity index (χ2n) is 5.38. The Hall–Kier alpha value is -3.49. The number of carbonyl (C=O) groups excluding carboxylic acids is 1. The summed E-state index contributed by atoms with van der Waals surface area (Å²) >= 11 is 0. The van der Waals surface area contributed by atoms with Crippen molar-refractivity contribution in [3.8, 4) is 11.6 Å². The van der Waals surface area contributed by atoms with Crippen molar-refractivity contribution in [3.63, 3.8) is 0 Å². The van der Waals surface area contributed by atoms with Gasteiger partial charge in [-0.05, 0) is 5.56 Å². The lowest BCUT2D eigenvalue weighted by Gasteiger charge is -2.11. The molecule has 1 amide bonds. The lowest BCUT2D eigenvalue weighted by molar-refractivity contribution is 0.155. The van der Waals surface area contributed by atoms with Gasteiger partial charge in [0.15, 0.2) is 11.6 Å². The molecule has 0 aliphatic carbocycles. The highest BCUT2D eigenvalue weighted by molar-refractivity contribution is 5.86. The fraction of sp³-hybridized carbons (Fsp3) is 0.111. The monoisotopic (exact) mass is 377 g/mol. The summed E-state index contributed by atoms with van der Waals surface area (Å²) in [7, 11) is 1.23. The molecular weight excluding hydrogens is 363 g/mol. The molecule has 1 N–H and O–H groups in total. The van der Waals surface area contributed by atoms with E-state index in [1.807, 2.05) is 6.07 Å². The van der Waals surface area contributed by atoms with Crippen molar-refractivity contribution in [1.29, 1.82) is 0 Å². The minimum Gasteiger partial charge on any atom is -0.479 e. The molecule has 0 saturated carbocycles. The number of hydrogen-bond donors (Lipinski definition) is 1. The van der Waals surface area contributed by atoms with Crippen LogP contribution in [0.1, 0.15) is 5.56 Å². The van der Waals surface area contributed by atoms with E-state index in [0.717, 1.165) is 16.4 Å². The van der Waals surface area contributed by atoms with E-state index in [1.165, 1.54) is 7.11 Å². The van der Waals surface area contributed by atoms with E-state index >= 15 is 0 Å². The fourth-order valence-corrected chi connectivity index (χ4v) is 2.38. The van der Waals surface area contributed by atoms with Crippen LogP contribution in [0.25, 0.3) is 5.69 Å². The van der Waals surface area contributed by atoms with Gasteiger partial charge in [-0.3, -0.25) is 5.32 Å². The number of benzene rings is 2. The van der Waals surface area contributed by atoms with E-state index < -0.39 is 29.2 Å².